The van der Waals surface area contributed by atoms with Gasteiger partial charge in [0.15, 0.2) is 0 Å². The highest BCUT2D eigenvalue weighted by molar-refractivity contribution is 5.86. The Labute approximate surface area is 133 Å². The van der Waals surface area contributed by atoms with E-state index in [1.165, 1.54) is 0 Å². The standard InChI is InChI=1S/C16H29N3O3/c1-11-6-7-12-8-9-18(5)10-13(14(20)19(11)12)17-15(21)22-16(2,3)4/h11-13H,6-10H2,1-5H3,(H,17,21). The molecule has 6 nitrogen and oxygen atoms in total. The summed E-state index contributed by atoms with van der Waals surface area (Å²) in [4.78, 5) is 29.0. The molecule has 0 aromatic carbocycles. The fourth-order valence-electron chi connectivity index (χ4n) is 3.34. The van der Waals surface area contributed by atoms with Crippen molar-refractivity contribution in [3.05, 3.63) is 0 Å². The fraction of sp³-hybridized carbons (Fsp3) is 0.875. The molecule has 2 rings (SSSR count). The first kappa shape index (κ1) is 17.1. The monoisotopic (exact) mass is 311 g/mol. The average Bonchev–Trinajstić information content (AvgIpc) is 2.72. The molecule has 2 amide bonds. The van der Waals surface area contributed by atoms with Gasteiger partial charge in [-0.25, -0.2) is 4.79 Å². The summed E-state index contributed by atoms with van der Waals surface area (Å²) in [5, 5.41) is 2.76. The molecule has 2 heterocycles. The first-order chi connectivity index (χ1) is 10.2. The zero-order valence-corrected chi connectivity index (χ0v) is 14.4. The number of nitrogens with one attached hydrogen (secondary N) is 1. The van der Waals surface area contributed by atoms with Gasteiger partial charge in [-0.15, -0.1) is 0 Å². The van der Waals surface area contributed by atoms with Gasteiger partial charge >= 0.3 is 6.09 Å². The molecule has 3 unspecified atom stereocenters. The summed E-state index contributed by atoms with van der Waals surface area (Å²) in [7, 11) is 1.99. The molecular formula is C16H29N3O3. The van der Waals surface area contributed by atoms with Crippen molar-refractivity contribution in [2.75, 3.05) is 20.1 Å². The zero-order valence-electron chi connectivity index (χ0n) is 14.4. The largest absolute Gasteiger partial charge is 0.444 e. The zero-order chi connectivity index (χ0) is 16.5. The number of rotatable bonds is 1. The quantitative estimate of drug-likeness (QED) is 0.799. The van der Waals surface area contributed by atoms with Crippen LogP contribution in [0.2, 0.25) is 0 Å². The van der Waals surface area contributed by atoms with Crippen LogP contribution >= 0.6 is 0 Å². The minimum atomic E-state index is -0.565. The van der Waals surface area contributed by atoms with Crippen molar-refractivity contribution in [2.24, 2.45) is 0 Å². The van der Waals surface area contributed by atoms with Crippen molar-refractivity contribution in [2.45, 2.75) is 70.7 Å². The summed E-state index contributed by atoms with van der Waals surface area (Å²) in [5.41, 5.74) is -0.565. The highest BCUT2D eigenvalue weighted by atomic mass is 16.6. The summed E-state index contributed by atoms with van der Waals surface area (Å²) in [6.45, 7) is 9.00. The lowest BCUT2D eigenvalue weighted by Crippen LogP contribution is -2.58. The lowest BCUT2D eigenvalue weighted by molar-refractivity contribution is -0.137. The van der Waals surface area contributed by atoms with Crippen molar-refractivity contribution in [1.29, 1.82) is 0 Å². The molecule has 0 radical (unpaired) electrons. The Hall–Kier alpha value is -1.30. The molecule has 2 fully saturated rings. The van der Waals surface area contributed by atoms with Crippen LogP contribution in [0.5, 0.6) is 0 Å². The molecule has 2 aliphatic heterocycles. The van der Waals surface area contributed by atoms with Gasteiger partial charge in [0.1, 0.15) is 11.6 Å². The number of hydrogen-bond donors (Lipinski definition) is 1. The van der Waals surface area contributed by atoms with E-state index in [-0.39, 0.29) is 11.9 Å². The Balaban J connectivity index is 2.09. The van der Waals surface area contributed by atoms with Crippen molar-refractivity contribution < 1.29 is 14.3 Å². The van der Waals surface area contributed by atoms with E-state index in [2.05, 4.69) is 17.1 Å². The predicted molar refractivity (Wildman–Crippen MR) is 84.6 cm³/mol. The molecule has 0 aromatic rings. The number of likely N-dealkylation sites (N-methyl/N-ethyl adjacent to an activating group) is 1. The third-order valence-corrected chi connectivity index (χ3v) is 4.37. The van der Waals surface area contributed by atoms with Crippen LogP contribution in [0.25, 0.3) is 0 Å². The molecule has 2 saturated heterocycles. The summed E-state index contributed by atoms with van der Waals surface area (Å²) in [6.07, 6.45) is 2.58. The van der Waals surface area contributed by atoms with Gasteiger partial charge in [-0.05, 0) is 60.5 Å². The number of carbonyl (C=O) groups is 2. The molecule has 6 heteroatoms. The minimum absolute atomic E-state index is 0.0207. The number of ether oxygens (including phenoxy) is 1. The Morgan fingerprint density at radius 1 is 1.27 bits per heavy atom. The Morgan fingerprint density at radius 3 is 2.59 bits per heavy atom. The number of alkyl carbamates (subject to hydrolysis) is 1. The van der Waals surface area contributed by atoms with E-state index in [1.54, 1.807) is 0 Å². The van der Waals surface area contributed by atoms with E-state index in [1.807, 2.05) is 32.7 Å². The van der Waals surface area contributed by atoms with E-state index < -0.39 is 17.7 Å². The highest BCUT2D eigenvalue weighted by Gasteiger charge is 2.40. The normalized spacial score (nSPS) is 30.5. The first-order valence-electron chi connectivity index (χ1n) is 8.17. The van der Waals surface area contributed by atoms with Gasteiger partial charge in [-0.3, -0.25) is 4.79 Å². The number of carbonyl (C=O) groups excluding carboxylic acids is 2. The van der Waals surface area contributed by atoms with Crippen LogP contribution in [-0.2, 0) is 9.53 Å². The lowest BCUT2D eigenvalue weighted by atomic mass is 10.1. The van der Waals surface area contributed by atoms with Crippen LogP contribution in [0.3, 0.4) is 0 Å². The molecule has 3 atom stereocenters. The molecule has 1 N–H and O–H groups in total. The lowest BCUT2D eigenvalue weighted by Gasteiger charge is -2.37. The van der Waals surface area contributed by atoms with Gasteiger partial charge in [0, 0.05) is 18.6 Å². The second-order valence-electron chi connectivity index (χ2n) is 7.58. The van der Waals surface area contributed by atoms with Gasteiger partial charge in [0.2, 0.25) is 5.91 Å². The predicted octanol–water partition coefficient (Wildman–Crippen LogP) is 1.59. The van der Waals surface area contributed by atoms with Crippen molar-refractivity contribution in [3.63, 3.8) is 0 Å². The maximum Gasteiger partial charge on any atom is 0.408 e. The van der Waals surface area contributed by atoms with Gasteiger partial charge in [-0.2, -0.15) is 0 Å². The average molecular weight is 311 g/mol. The molecule has 0 bridgehead atoms. The van der Waals surface area contributed by atoms with Gasteiger partial charge in [0.25, 0.3) is 0 Å². The van der Waals surface area contributed by atoms with Gasteiger partial charge in [-0.1, -0.05) is 0 Å². The summed E-state index contributed by atoms with van der Waals surface area (Å²) in [6, 6.07) is 0.0141. The second-order valence-corrected chi connectivity index (χ2v) is 7.58. The SMILES string of the molecule is CC1CCC2CCN(C)CC(NC(=O)OC(C)(C)C)C(=O)N12. The van der Waals surface area contributed by atoms with Crippen molar-refractivity contribution in [1.82, 2.24) is 15.1 Å². The molecule has 126 valence electrons. The Morgan fingerprint density at radius 2 is 1.95 bits per heavy atom. The first-order valence-corrected chi connectivity index (χ1v) is 8.17. The third kappa shape index (κ3) is 4.12. The van der Waals surface area contributed by atoms with Crippen LogP contribution < -0.4 is 5.32 Å². The number of nitrogens with zero attached hydrogens (tertiary/aromatic N) is 2. The van der Waals surface area contributed by atoms with Crippen LogP contribution in [-0.4, -0.2) is 65.7 Å². The second kappa shape index (κ2) is 6.44. The maximum atomic E-state index is 12.9. The third-order valence-electron chi connectivity index (χ3n) is 4.37. The van der Waals surface area contributed by atoms with Crippen molar-refractivity contribution in [3.8, 4) is 0 Å². The van der Waals surface area contributed by atoms with Crippen molar-refractivity contribution >= 4 is 12.0 Å². The highest BCUT2D eigenvalue weighted by Crippen LogP contribution is 2.28. The minimum Gasteiger partial charge on any atom is -0.444 e. The van der Waals surface area contributed by atoms with Crippen LogP contribution in [0.4, 0.5) is 4.79 Å². The summed E-state index contributed by atoms with van der Waals surface area (Å²) >= 11 is 0. The van der Waals surface area contributed by atoms with E-state index in [4.69, 9.17) is 4.74 Å². The van der Waals surface area contributed by atoms with E-state index in [0.29, 0.717) is 12.6 Å². The molecule has 0 aliphatic carbocycles. The summed E-state index contributed by atoms with van der Waals surface area (Å²) < 4.78 is 5.29. The van der Waals surface area contributed by atoms with Crippen LogP contribution in [0.15, 0.2) is 0 Å². The summed E-state index contributed by atoms with van der Waals surface area (Å²) in [5.74, 6) is 0.0207. The Kier molecular flexibility index (Phi) is 5.00. The van der Waals surface area contributed by atoms with Crippen LogP contribution in [0.1, 0.15) is 47.0 Å². The number of amides is 2. The van der Waals surface area contributed by atoms with E-state index >= 15 is 0 Å². The smallest absolute Gasteiger partial charge is 0.408 e. The maximum absolute atomic E-state index is 12.9. The molecule has 2 aliphatic rings. The molecular weight excluding hydrogens is 282 g/mol. The topological polar surface area (TPSA) is 61.9 Å². The van der Waals surface area contributed by atoms with Crippen LogP contribution in [0, 0.1) is 0 Å². The van der Waals surface area contributed by atoms with E-state index in [9.17, 15) is 9.59 Å². The van der Waals surface area contributed by atoms with Gasteiger partial charge in [0.05, 0.1) is 0 Å². The Bertz CT molecular complexity index is 433. The van der Waals surface area contributed by atoms with Gasteiger partial charge < -0.3 is 19.9 Å². The molecule has 0 spiro atoms. The molecule has 22 heavy (non-hydrogen) atoms. The van der Waals surface area contributed by atoms with E-state index in [0.717, 1.165) is 25.8 Å². The fourth-order valence-corrected chi connectivity index (χ4v) is 3.34. The number of fused-ring (bicyclic) bond motifs is 1. The number of hydrogen-bond acceptors (Lipinski definition) is 4. The molecule has 0 aromatic heterocycles. The molecule has 0 saturated carbocycles.